The fourth-order valence-electron chi connectivity index (χ4n) is 2.47. The lowest BCUT2D eigenvalue weighted by Gasteiger charge is -2.12. The lowest BCUT2D eigenvalue weighted by Crippen LogP contribution is -2.12. The largest absolute Gasteiger partial charge is 0.416 e. The smallest absolute Gasteiger partial charge is 0.309 e. The Kier molecular flexibility index (Phi) is 4.68. The molecule has 2 heterocycles. The maximum Gasteiger partial charge on any atom is 0.416 e. The first-order valence-corrected chi connectivity index (χ1v) is 9.20. The quantitative estimate of drug-likeness (QED) is 0.609. The summed E-state index contributed by atoms with van der Waals surface area (Å²) in [5.41, 5.74) is 0.0166. The first-order chi connectivity index (χ1) is 11.7. The van der Waals surface area contributed by atoms with E-state index in [4.69, 9.17) is 0 Å². The number of hydrogen-bond donors (Lipinski definition) is 1. The summed E-state index contributed by atoms with van der Waals surface area (Å²) < 4.78 is 38.5. The summed E-state index contributed by atoms with van der Waals surface area (Å²) in [6.07, 6.45) is -4.38. The molecule has 2 aromatic heterocycles. The van der Waals surface area contributed by atoms with Crippen molar-refractivity contribution in [2.45, 2.75) is 37.1 Å². The second-order valence-corrected chi connectivity index (χ2v) is 8.32. The van der Waals surface area contributed by atoms with Crippen molar-refractivity contribution in [3.8, 4) is 0 Å². The molecule has 0 aliphatic carbocycles. The summed E-state index contributed by atoms with van der Waals surface area (Å²) in [6, 6.07) is 5.14. The van der Waals surface area contributed by atoms with Crippen LogP contribution in [0.15, 0.2) is 34.0 Å². The predicted molar refractivity (Wildman–Crippen MR) is 95.4 cm³/mol. The van der Waals surface area contributed by atoms with Crippen LogP contribution in [0.5, 0.6) is 0 Å². The van der Waals surface area contributed by atoms with Gasteiger partial charge in [0.1, 0.15) is 10.7 Å². The van der Waals surface area contributed by atoms with E-state index in [-0.39, 0.29) is 10.8 Å². The summed E-state index contributed by atoms with van der Waals surface area (Å²) in [5.74, 6) is 0.459. The molecule has 3 aromatic rings. The van der Waals surface area contributed by atoms with Gasteiger partial charge in [-0.1, -0.05) is 6.07 Å². The van der Waals surface area contributed by atoms with Gasteiger partial charge in [0, 0.05) is 9.77 Å². The average Bonchev–Trinajstić information content (AvgIpc) is 2.81. The minimum absolute atomic E-state index is 0.210. The van der Waals surface area contributed by atoms with Gasteiger partial charge < -0.3 is 4.98 Å². The van der Waals surface area contributed by atoms with Crippen LogP contribution >= 0.6 is 23.1 Å². The average molecular weight is 384 g/mol. The molecule has 0 bridgehead atoms. The third-order valence-corrected chi connectivity index (χ3v) is 6.12. The number of thiophene rings is 1. The second-order valence-electron chi connectivity index (χ2n) is 5.70. The molecule has 0 radical (unpaired) electrons. The van der Waals surface area contributed by atoms with Crippen LogP contribution in [-0.4, -0.2) is 9.97 Å². The van der Waals surface area contributed by atoms with Gasteiger partial charge in [0.25, 0.3) is 5.56 Å². The summed E-state index contributed by atoms with van der Waals surface area (Å²) in [7, 11) is 0. The van der Waals surface area contributed by atoms with E-state index in [0.717, 1.165) is 22.6 Å². The van der Waals surface area contributed by atoms with E-state index in [1.54, 1.807) is 6.07 Å². The number of H-pyrrole nitrogens is 1. The van der Waals surface area contributed by atoms with Gasteiger partial charge in [-0.05, 0) is 44.5 Å². The first-order valence-electron chi connectivity index (χ1n) is 7.50. The fraction of sp³-hybridized carbons (Fsp3) is 0.294. The van der Waals surface area contributed by atoms with Crippen LogP contribution in [0.1, 0.15) is 34.0 Å². The number of benzene rings is 1. The zero-order valence-electron chi connectivity index (χ0n) is 13.7. The first kappa shape index (κ1) is 18.0. The number of nitrogens with zero attached hydrogens (tertiary/aromatic N) is 1. The van der Waals surface area contributed by atoms with Gasteiger partial charge in [-0.25, -0.2) is 4.98 Å². The third kappa shape index (κ3) is 3.59. The van der Waals surface area contributed by atoms with Crippen LogP contribution < -0.4 is 5.56 Å². The highest BCUT2D eigenvalue weighted by molar-refractivity contribution is 7.99. The van der Waals surface area contributed by atoms with E-state index in [1.165, 1.54) is 29.2 Å². The van der Waals surface area contributed by atoms with Crippen molar-refractivity contribution in [2.75, 3.05) is 0 Å². The maximum absolute atomic E-state index is 12.8. The van der Waals surface area contributed by atoms with Crippen molar-refractivity contribution in [1.82, 2.24) is 9.97 Å². The summed E-state index contributed by atoms with van der Waals surface area (Å²) >= 11 is 2.67. The molecule has 0 saturated heterocycles. The summed E-state index contributed by atoms with van der Waals surface area (Å²) in [6.45, 7) is 5.62. The van der Waals surface area contributed by atoms with Crippen LogP contribution in [0, 0.1) is 13.8 Å². The van der Waals surface area contributed by atoms with E-state index in [2.05, 4.69) is 9.97 Å². The number of aryl methyl sites for hydroxylation is 2. The monoisotopic (exact) mass is 384 g/mol. The Morgan fingerprint density at radius 3 is 2.68 bits per heavy atom. The van der Waals surface area contributed by atoms with Gasteiger partial charge in [0.15, 0.2) is 0 Å². The topological polar surface area (TPSA) is 45.8 Å². The molecule has 3 rings (SSSR count). The van der Waals surface area contributed by atoms with E-state index in [1.807, 2.05) is 20.8 Å². The maximum atomic E-state index is 12.8. The molecule has 0 unspecified atom stereocenters. The highest BCUT2D eigenvalue weighted by Gasteiger charge is 2.30. The molecule has 0 aliphatic rings. The lowest BCUT2D eigenvalue weighted by atomic mass is 10.2. The Labute approximate surface area is 150 Å². The van der Waals surface area contributed by atoms with E-state index < -0.39 is 11.7 Å². The number of rotatable bonds is 3. The van der Waals surface area contributed by atoms with Gasteiger partial charge in [-0.2, -0.15) is 13.2 Å². The molecule has 8 heteroatoms. The molecule has 0 spiro atoms. The molecular formula is C17H15F3N2OS2. The number of alkyl halides is 3. The Balaban J connectivity index is 1.93. The Morgan fingerprint density at radius 1 is 1.28 bits per heavy atom. The normalized spacial score (nSPS) is 13.4. The minimum Gasteiger partial charge on any atom is -0.309 e. The van der Waals surface area contributed by atoms with Crippen LogP contribution in [0.4, 0.5) is 13.2 Å². The molecule has 132 valence electrons. The Morgan fingerprint density at radius 2 is 2.00 bits per heavy atom. The third-order valence-electron chi connectivity index (χ3n) is 3.92. The van der Waals surface area contributed by atoms with Gasteiger partial charge in [0.2, 0.25) is 0 Å². The molecule has 0 saturated carbocycles. The predicted octanol–water partition coefficient (Wildman–Crippen LogP) is 5.47. The van der Waals surface area contributed by atoms with Crippen molar-refractivity contribution >= 4 is 33.3 Å². The highest BCUT2D eigenvalue weighted by Crippen LogP contribution is 2.37. The molecule has 3 nitrogen and oxygen atoms in total. The number of hydrogen-bond acceptors (Lipinski definition) is 4. The van der Waals surface area contributed by atoms with Crippen molar-refractivity contribution in [2.24, 2.45) is 0 Å². The summed E-state index contributed by atoms with van der Waals surface area (Å²) in [4.78, 5) is 21.8. The van der Waals surface area contributed by atoms with E-state index in [9.17, 15) is 18.0 Å². The van der Waals surface area contributed by atoms with Crippen LogP contribution in [-0.2, 0) is 6.18 Å². The summed E-state index contributed by atoms with van der Waals surface area (Å²) in [5, 5.41) is 0.297. The molecule has 0 fully saturated rings. The van der Waals surface area contributed by atoms with Crippen molar-refractivity contribution in [3.05, 3.63) is 56.4 Å². The lowest BCUT2D eigenvalue weighted by molar-refractivity contribution is -0.137. The van der Waals surface area contributed by atoms with Crippen LogP contribution in [0.3, 0.4) is 0 Å². The van der Waals surface area contributed by atoms with Crippen LogP contribution in [0.2, 0.25) is 0 Å². The molecule has 1 N–H and O–H groups in total. The molecule has 1 atom stereocenters. The standard InChI is InChI=1S/C17H15F3N2OS2/c1-8-9(2)25-16-13(8)15(23)21-14(22-16)10(3)24-12-6-4-5-11(7-12)17(18,19)20/h4-7,10H,1-3H3,(H,21,22,23)/t10-/m1/s1. The number of halogens is 3. The minimum atomic E-state index is -4.38. The molecule has 1 aromatic carbocycles. The van der Waals surface area contributed by atoms with Crippen LogP contribution in [0.25, 0.3) is 10.2 Å². The van der Waals surface area contributed by atoms with Crippen molar-refractivity contribution < 1.29 is 13.2 Å². The van der Waals surface area contributed by atoms with Gasteiger partial charge in [-0.3, -0.25) is 4.79 Å². The molecule has 0 aliphatic heterocycles. The Bertz CT molecular complexity index is 992. The fourth-order valence-corrected chi connectivity index (χ4v) is 4.49. The van der Waals surface area contributed by atoms with Gasteiger partial charge >= 0.3 is 6.18 Å². The van der Waals surface area contributed by atoms with Gasteiger partial charge in [-0.15, -0.1) is 23.1 Å². The zero-order valence-corrected chi connectivity index (χ0v) is 15.3. The molecule has 0 amide bonds. The van der Waals surface area contributed by atoms with Crippen molar-refractivity contribution in [3.63, 3.8) is 0 Å². The number of aromatic nitrogens is 2. The number of aromatic amines is 1. The zero-order chi connectivity index (χ0) is 18.4. The number of nitrogens with one attached hydrogen (secondary N) is 1. The van der Waals surface area contributed by atoms with E-state index >= 15 is 0 Å². The SMILES string of the molecule is Cc1sc2nc([C@@H](C)Sc3cccc(C(F)(F)F)c3)[nH]c(=O)c2c1C. The molecular weight excluding hydrogens is 369 g/mol. The second kappa shape index (κ2) is 6.49. The van der Waals surface area contributed by atoms with Gasteiger partial charge in [0.05, 0.1) is 16.2 Å². The molecule has 25 heavy (non-hydrogen) atoms. The Hall–Kier alpha value is -1.80. The highest BCUT2D eigenvalue weighted by atomic mass is 32.2. The number of fused-ring (bicyclic) bond motifs is 1. The number of thioether (sulfide) groups is 1. The van der Waals surface area contributed by atoms with E-state index in [0.29, 0.717) is 20.9 Å². The van der Waals surface area contributed by atoms with Crippen molar-refractivity contribution in [1.29, 1.82) is 0 Å².